The van der Waals surface area contributed by atoms with Crippen LogP contribution in [0.5, 0.6) is 5.75 Å². The van der Waals surface area contributed by atoms with Crippen molar-refractivity contribution in [3.8, 4) is 5.75 Å². The van der Waals surface area contributed by atoms with Gasteiger partial charge in [0.15, 0.2) is 5.25 Å². The summed E-state index contributed by atoms with van der Waals surface area (Å²) in [6.45, 7) is 3.63. The van der Waals surface area contributed by atoms with Crippen LogP contribution in [0.1, 0.15) is 17.3 Å². The summed E-state index contributed by atoms with van der Waals surface area (Å²) in [5, 5.41) is 0.0993. The van der Waals surface area contributed by atoms with Gasteiger partial charge < -0.3 is 9.47 Å². The molecule has 18 heavy (non-hydrogen) atoms. The number of hydrogen-bond donors (Lipinski definition) is 0. The molecule has 4 heteroatoms. The van der Waals surface area contributed by atoms with Gasteiger partial charge in [0, 0.05) is 16.5 Å². The van der Waals surface area contributed by atoms with Gasteiger partial charge in [-0.15, -0.1) is 0 Å². The maximum atomic E-state index is 12.4. The van der Waals surface area contributed by atoms with Gasteiger partial charge in [-0.05, 0) is 31.2 Å². The molecule has 1 unspecified atom stereocenters. The smallest absolute Gasteiger partial charge is 0.214 e. The van der Waals surface area contributed by atoms with E-state index in [1.165, 1.54) is 0 Å². The van der Waals surface area contributed by atoms with E-state index >= 15 is 0 Å². The number of ether oxygens (including phenoxy) is 2. The number of ketones is 1. The van der Waals surface area contributed by atoms with Gasteiger partial charge in [-0.25, -0.2) is 0 Å². The third-order valence-corrected chi connectivity index (χ3v) is 5.82. The predicted molar refractivity (Wildman–Crippen MR) is 74.7 cm³/mol. The third kappa shape index (κ3) is 3.06. The van der Waals surface area contributed by atoms with E-state index in [0.717, 1.165) is 36.0 Å². The molecule has 0 N–H and O–H groups in total. The van der Waals surface area contributed by atoms with Crippen LogP contribution in [0.4, 0.5) is 0 Å². The molecule has 0 aromatic heterocycles. The van der Waals surface area contributed by atoms with E-state index in [-0.39, 0.29) is 21.9 Å². The second kappa shape index (κ2) is 6.25. The molecular weight excluding hydrogens is 248 g/mol. The van der Waals surface area contributed by atoms with Crippen molar-refractivity contribution in [3.05, 3.63) is 29.8 Å². The Morgan fingerprint density at radius 1 is 1.28 bits per heavy atom. The molecule has 98 valence electrons. The second-order valence-electron chi connectivity index (χ2n) is 4.29. The van der Waals surface area contributed by atoms with Crippen LogP contribution in [0.2, 0.25) is 0 Å². The van der Waals surface area contributed by atoms with Crippen LogP contribution >= 0.6 is 0 Å². The van der Waals surface area contributed by atoms with Crippen molar-refractivity contribution in [2.24, 2.45) is 0 Å². The van der Waals surface area contributed by atoms with Crippen molar-refractivity contribution in [1.82, 2.24) is 0 Å². The molecule has 0 bridgehead atoms. The van der Waals surface area contributed by atoms with Crippen molar-refractivity contribution in [2.75, 3.05) is 31.8 Å². The van der Waals surface area contributed by atoms with Gasteiger partial charge in [-0.2, -0.15) is 0 Å². The lowest BCUT2D eigenvalue weighted by Crippen LogP contribution is -2.38. The zero-order chi connectivity index (χ0) is 13.0. The average molecular weight is 267 g/mol. The van der Waals surface area contributed by atoms with Crippen molar-refractivity contribution in [2.45, 2.75) is 12.2 Å². The molecule has 0 aliphatic carbocycles. The van der Waals surface area contributed by atoms with E-state index < -0.39 is 0 Å². The fraction of sp³-hybridized carbons (Fsp3) is 0.500. The Morgan fingerprint density at radius 3 is 2.44 bits per heavy atom. The quantitative estimate of drug-likeness (QED) is 0.617. The molecule has 2 rings (SSSR count). The van der Waals surface area contributed by atoms with Crippen LogP contribution in [-0.2, 0) is 15.6 Å². The van der Waals surface area contributed by atoms with E-state index in [2.05, 4.69) is 0 Å². The monoisotopic (exact) mass is 267 g/mol. The van der Waals surface area contributed by atoms with Gasteiger partial charge in [0.25, 0.3) is 0 Å². The van der Waals surface area contributed by atoms with Crippen LogP contribution in [0.15, 0.2) is 24.3 Å². The number of hydrogen-bond acceptors (Lipinski definition) is 3. The van der Waals surface area contributed by atoms with Crippen LogP contribution < -0.4 is 4.74 Å². The summed E-state index contributed by atoms with van der Waals surface area (Å²) in [5.41, 5.74) is 0.780. The zero-order valence-electron chi connectivity index (χ0n) is 10.8. The predicted octanol–water partition coefficient (Wildman–Crippen LogP) is 1.91. The molecule has 0 spiro atoms. The fourth-order valence-corrected chi connectivity index (χ4v) is 4.04. The van der Waals surface area contributed by atoms with E-state index in [4.69, 9.17) is 9.47 Å². The first kappa shape index (κ1) is 13.4. The maximum absolute atomic E-state index is 12.4. The number of benzene rings is 1. The summed E-state index contributed by atoms with van der Waals surface area (Å²) >= 11 is 0. The molecule has 1 aliphatic rings. The second-order valence-corrected chi connectivity index (χ2v) is 6.89. The number of Topliss-reactive ketones (excluding diaryl/α,β-unsaturated/α-hetero) is 1. The number of methoxy groups -OCH3 is 1. The van der Waals surface area contributed by atoms with Crippen LogP contribution in [0.3, 0.4) is 0 Å². The van der Waals surface area contributed by atoms with Gasteiger partial charge in [-0.1, -0.05) is 0 Å². The Bertz CT molecular complexity index is 396. The highest BCUT2D eigenvalue weighted by atomic mass is 32.2. The van der Waals surface area contributed by atoms with E-state index in [0.29, 0.717) is 0 Å². The van der Waals surface area contributed by atoms with Crippen LogP contribution in [0.25, 0.3) is 0 Å². The van der Waals surface area contributed by atoms with Gasteiger partial charge >= 0.3 is 0 Å². The Kier molecular flexibility index (Phi) is 4.66. The maximum Gasteiger partial charge on any atom is 0.214 e. The molecule has 1 atom stereocenters. The Labute approximate surface area is 111 Å². The Hall–Kier alpha value is -1.00. The molecule has 0 radical (unpaired) electrons. The molecule has 1 fully saturated rings. The number of carbonyl (C=O) groups is 1. The van der Waals surface area contributed by atoms with Crippen LogP contribution in [0, 0.1) is 0 Å². The minimum atomic E-state index is 0.0993. The first-order valence-corrected chi connectivity index (χ1v) is 7.77. The summed E-state index contributed by atoms with van der Waals surface area (Å²) in [7, 11) is 1.79. The number of carbonyl (C=O) groups excluding carboxylic acids is 1. The molecule has 1 saturated heterocycles. The lowest BCUT2D eigenvalue weighted by Gasteiger charge is -2.19. The minimum Gasteiger partial charge on any atom is -0.497 e. The third-order valence-electron chi connectivity index (χ3n) is 3.22. The van der Waals surface area contributed by atoms with Crippen molar-refractivity contribution in [3.63, 3.8) is 0 Å². The number of rotatable bonds is 4. The lowest BCUT2D eigenvalue weighted by atomic mass is 10.1. The summed E-state index contributed by atoms with van der Waals surface area (Å²) in [4.78, 5) is 12.4. The zero-order valence-corrected chi connectivity index (χ0v) is 11.7. The van der Waals surface area contributed by atoms with Crippen LogP contribution in [-0.4, -0.2) is 42.9 Å². The Balaban J connectivity index is 2.04. The highest BCUT2D eigenvalue weighted by Crippen LogP contribution is 2.18. The summed E-state index contributed by atoms with van der Waals surface area (Å²) in [5.74, 6) is 3.06. The first-order valence-electron chi connectivity index (χ1n) is 6.14. The molecule has 1 aromatic carbocycles. The van der Waals surface area contributed by atoms with E-state index in [1.807, 2.05) is 31.2 Å². The van der Waals surface area contributed by atoms with Gasteiger partial charge in [0.2, 0.25) is 5.78 Å². The van der Waals surface area contributed by atoms with E-state index in [9.17, 15) is 4.79 Å². The Morgan fingerprint density at radius 2 is 1.89 bits per heavy atom. The first-order chi connectivity index (χ1) is 8.72. The highest BCUT2D eigenvalue weighted by molar-refractivity contribution is 7.98. The molecule has 1 heterocycles. The SMILES string of the molecule is COc1ccc(C(=O)C(C)[S+]2CCOCC2)cc1. The largest absolute Gasteiger partial charge is 0.497 e. The molecule has 1 aliphatic heterocycles. The molecule has 3 nitrogen and oxygen atoms in total. The van der Waals surface area contributed by atoms with Gasteiger partial charge in [0.1, 0.15) is 17.3 Å². The van der Waals surface area contributed by atoms with Crippen molar-refractivity contribution < 1.29 is 14.3 Å². The highest BCUT2D eigenvalue weighted by Gasteiger charge is 2.34. The average Bonchev–Trinajstić information content (AvgIpc) is 2.47. The van der Waals surface area contributed by atoms with Crippen molar-refractivity contribution >= 4 is 16.7 Å². The molecule has 0 amide bonds. The minimum absolute atomic E-state index is 0.0993. The molecule has 1 aromatic rings. The van der Waals surface area contributed by atoms with Gasteiger partial charge in [-0.3, -0.25) is 4.79 Å². The van der Waals surface area contributed by atoms with Crippen molar-refractivity contribution in [1.29, 1.82) is 0 Å². The standard InChI is InChI=1S/C14H19O3S/c1-11(18-9-7-17-8-10-18)14(15)12-3-5-13(16-2)6-4-12/h3-6,11H,7-10H2,1-2H3/q+1. The molecular formula is C14H19O3S+. The topological polar surface area (TPSA) is 35.5 Å². The summed E-state index contributed by atoms with van der Waals surface area (Å²) < 4.78 is 10.4. The summed E-state index contributed by atoms with van der Waals surface area (Å²) in [6, 6.07) is 7.38. The van der Waals surface area contributed by atoms with E-state index in [1.54, 1.807) is 7.11 Å². The molecule has 0 saturated carbocycles. The summed E-state index contributed by atoms with van der Waals surface area (Å²) in [6.07, 6.45) is 0. The fourth-order valence-electron chi connectivity index (χ4n) is 2.03. The lowest BCUT2D eigenvalue weighted by molar-refractivity contribution is 0.0991. The normalized spacial score (nSPS) is 18.3. The van der Waals surface area contributed by atoms with Gasteiger partial charge in [0.05, 0.1) is 20.3 Å².